The minimum atomic E-state index is -0.251. The molecule has 0 saturated carbocycles. The quantitative estimate of drug-likeness (QED) is 0.543. The van der Waals surface area contributed by atoms with Crippen molar-refractivity contribution in [2.24, 2.45) is 0 Å². The van der Waals surface area contributed by atoms with Crippen molar-refractivity contribution >= 4 is 5.91 Å². The average Bonchev–Trinajstić information content (AvgIpc) is 2.17. The van der Waals surface area contributed by atoms with Crippen LogP contribution in [0.25, 0.3) is 0 Å². The molecular weight excluding hydrogens is 235 g/mol. The van der Waals surface area contributed by atoms with E-state index in [9.17, 15) is 4.79 Å². The zero-order valence-electron chi connectivity index (χ0n) is 8.44. The van der Waals surface area contributed by atoms with Gasteiger partial charge < -0.3 is 19.6 Å². The van der Waals surface area contributed by atoms with Gasteiger partial charge in [0, 0.05) is 39.3 Å². The third-order valence-corrected chi connectivity index (χ3v) is 1.39. The topological polar surface area (TPSA) is 55.3 Å². The fraction of sp³-hybridized carbons (Fsp3) is 0.375. The van der Waals surface area contributed by atoms with Crippen molar-refractivity contribution in [1.29, 1.82) is 0 Å². The molecule has 0 spiro atoms. The van der Waals surface area contributed by atoms with E-state index in [1.54, 1.807) is 14.1 Å². The van der Waals surface area contributed by atoms with Gasteiger partial charge in [0.15, 0.2) is 0 Å². The Morgan fingerprint density at radius 2 is 2.21 bits per heavy atom. The number of hydrogen-bond acceptors (Lipinski definition) is 4. The Labute approximate surface area is 95.2 Å². The summed E-state index contributed by atoms with van der Waals surface area (Å²) in [7, 11) is 4.76. The predicted octanol–water partition coefficient (Wildman–Crippen LogP) is -0.0153. The van der Waals surface area contributed by atoms with E-state index in [2.05, 4.69) is 16.2 Å². The van der Waals surface area contributed by atoms with Gasteiger partial charge >= 0.3 is 0 Å². The van der Waals surface area contributed by atoms with E-state index in [0.29, 0.717) is 5.75 Å². The maximum absolute atomic E-state index is 11.3. The molecule has 1 aromatic rings. The Bertz CT molecular complexity index is 300. The first kappa shape index (κ1) is 13.0. The molecule has 72 valence electrons. The molecule has 14 heavy (non-hydrogen) atoms. The van der Waals surface area contributed by atoms with Crippen LogP contribution in [0.4, 0.5) is 0 Å². The average molecular weight is 246 g/mol. The maximum atomic E-state index is 11.3. The molecule has 0 atom stereocenters. The van der Waals surface area contributed by atoms with Crippen LogP contribution in [0.5, 0.6) is 5.75 Å². The van der Waals surface area contributed by atoms with Gasteiger partial charge in [0.05, 0.1) is 7.11 Å². The zero-order valence-corrected chi connectivity index (χ0v) is 11.4. The van der Waals surface area contributed by atoms with Crippen LogP contribution >= 0.6 is 0 Å². The summed E-state index contributed by atoms with van der Waals surface area (Å²) >= 11 is 0. The molecule has 0 N–H and O–H groups in total. The van der Waals surface area contributed by atoms with Crippen molar-refractivity contribution in [1.82, 2.24) is 14.9 Å². The van der Waals surface area contributed by atoms with Crippen molar-refractivity contribution in [3.63, 3.8) is 0 Å². The fourth-order valence-corrected chi connectivity index (χ4v) is 0.687. The van der Waals surface area contributed by atoms with Crippen molar-refractivity contribution in [2.75, 3.05) is 21.2 Å². The monoisotopic (exact) mass is 244 g/mol. The summed E-state index contributed by atoms with van der Waals surface area (Å²) in [6.45, 7) is 0. The molecule has 0 radical (unpaired) electrons. The molecule has 0 bridgehead atoms. The minimum Gasteiger partial charge on any atom is -0.520 e. The van der Waals surface area contributed by atoms with Crippen molar-refractivity contribution < 1.29 is 29.0 Å². The number of methoxy groups -OCH3 is 1. The molecule has 0 aliphatic carbocycles. The summed E-state index contributed by atoms with van der Waals surface area (Å²) in [5, 5.41) is 0. The molecule has 0 aliphatic rings. The first-order valence-electron chi connectivity index (χ1n) is 3.65. The Balaban J connectivity index is 0.00000169. The Morgan fingerprint density at radius 3 is 2.57 bits per heavy atom. The zero-order chi connectivity index (χ0) is 9.84. The van der Waals surface area contributed by atoms with Crippen LogP contribution < -0.4 is 4.74 Å². The van der Waals surface area contributed by atoms with Gasteiger partial charge in [-0.15, -0.1) is 0 Å². The number of nitrogens with zero attached hydrogens (tertiary/aromatic N) is 3. The minimum absolute atomic E-state index is 0. The van der Waals surface area contributed by atoms with Crippen LogP contribution in [0.3, 0.4) is 0 Å². The van der Waals surface area contributed by atoms with Gasteiger partial charge in [-0.2, -0.15) is 0 Å². The summed E-state index contributed by atoms with van der Waals surface area (Å²) in [5.74, 6) is 0.278. The van der Waals surface area contributed by atoms with E-state index in [0.717, 1.165) is 0 Å². The van der Waals surface area contributed by atoms with Gasteiger partial charge in [-0.25, -0.2) is 0 Å². The number of rotatable bonds is 2. The smallest absolute Gasteiger partial charge is 0.233 e. The van der Waals surface area contributed by atoms with E-state index in [4.69, 9.17) is 4.74 Å². The van der Waals surface area contributed by atoms with Crippen LogP contribution in [0.2, 0.25) is 0 Å². The van der Waals surface area contributed by atoms with E-state index in [-0.39, 0.29) is 31.2 Å². The summed E-state index contributed by atoms with van der Waals surface area (Å²) in [6.07, 6.45) is 3.95. The van der Waals surface area contributed by atoms with E-state index < -0.39 is 0 Å². The first-order chi connectivity index (χ1) is 6.15. The van der Waals surface area contributed by atoms with Crippen LogP contribution in [-0.4, -0.2) is 42.0 Å². The third kappa shape index (κ3) is 3.03. The molecule has 0 fully saturated rings. The fourth-order valence-electron chi connectivity index (χ4n) is 0.687. The first-order valence-corrected chi connectivity index (χ1v) is 3.65. The van der Waals surface area contributed by atoms with E-state index in [1.807, 2.05) is 0 Å². The van der Waals surface area contributed by atoms with Crippen molar-refractivity contribution in [2.45, 2.75) is 0 Å². The van der Waals surface area contributed by atoms with E-state index >= 15 is 0 Å². The summed E-state index contributed by atoms with van der Waals surface area (Å²) in [4.78, 5) is 20.2. The molecular formula is C8H10N3O2Zn-. The molecule has 0 saturated heterocycles. The van der Waals surface area contributed by atoms with Crippen LogP contribution in [0, 0.1) is 6.20 Å². The molecule has 6 heteroatoms. The molecule has 5 nitrogen and oxygen atoms in total. The molecule has 0 aliphatic heterocycles. The number of carbonyl (C=O) groups excluding carboxylic acids is 1. The summed E-state index contributed by atoms with van der Waals surface area (Å²) < 4.78 is 4.80. The largest absolute Gasteiger partial charge is 0.520 e. The Morgan fingerprint density at radius 1 is 1.57 bits per heavy atom. The second kappa shape index (κ2) is 5.65. The van der Waals surface area contributed by atoms with Gasteiger partial charge in [0.25, 0.3) is 0 Å². The van der Waals surface area contributed by atoms with Crippen LogP contribution in [-0.2, 0) is 19.5 Å². The molecule has 0 aromatic carbocycles. The number of amides is 1. The SMILES string of the molecule is COc1[c-]nc(C(=O)N(C)C)nc1.[Zn]. The molecule has 1 rings (SSSR count). The molecule has 1 amide bonds. The van der Waals surface area contributed by atoms with E-state index in [1.165, 1.54) is 18.2 Å². The van der Waals surface area contributed by atoms with Gasteiger partial charge in [-0.1, -0.05) is 0 Å². The van der Waals surface area contributed by atoms with Gasteiger partial charge in [0.2, 0.25) is 5.91 Å². The Hall–Kier alpha value is -1.03. The van der Waals surface area contributed by atoms with Gasteiger partial charge in [-0.05, 0) is 12.4 Å². The number of ether oxygens (including phenoxy) is 1. The Kier molecular flexibility index (Phi) is 5.24. The maximum Gasteiger partial charge on any atom is 0.233 e. The molecule has 1 heterocycles. The number of aromatic nitrogens is 2. The van der Waals surface area contributed by atoms with Crippen molar-refractivity contribution in [3.8, 4) is 5.75 Å². The second-order valence-corrected chi connectivity index (χ2v) is 2.57. The molecule has 0 unspecified atom stereocenters. The number of hydrogen-bond donors (Lipinski definition) is 0. The number of carbonyl (C=O) groups is 1. The summed E-state index contributed by atoms with van der Waals surface area (Å²) in [6, 6.07) is 0. The predicted molar refractivity (Wildman–Crippen MR) is 45.4 cm³/mol. The van der Waals surface area contributed by atoms with Gasteiger partial charge in [-0.3, -0.25) is 4.79 Å². The van der Waals surface area contributed by atoms with Crippen LogP contribution in [0.1, 0.15) is 10.6 Å². The van der Waals surface area contributed by atoms with Gasteiger partial charge in [0.1, 0.15) is 5.82 Å². The summed E-state index contributed by atoms with van der Waals surface area (Å²) in [5.41, 5.74) is 0. The van der Waals surface area contributed by atoms with Crippen molar-refractivity contribution in [3.05, 3.63) is 18.2 Å². The third-order valence-electron chi connectivity index (χ3n) is 1.39. The standard InChI is InChI=1S/C8H10N3O2.Zn/c1-11(2)8(12)7-9-4-6(13-3)5-10-7;/h4H,1-3H3;/q-1;. The normalized spacial score (nSPS) is 8.79. The van der Waals surface area contributed by atoms with Crippen LogP contribution in [0.15, 0.2) is 6.20 Å². The molecule has 1 aromatic heterocycles. The second-order valence-electron chi connectivity index (χ2n) is 2.57.